The lowest BCUT2D eigenvalue weighted by atomic mass is 9.94. The molecule has 0 amide bonds. The molecule has 2 heteroatoms. The molecule has 1 aromatic carbocycles. The van der Waals surface area contributed by atoms with Crippen molar-refractivity contribution in [3.8, 4) is 0 Å². The molecule has 0 aromatic heterocycles. The number of benzene rings is 1. The van der Waals surface area contributed by atoms with Crippen LogP contribution < -0.4 is 4.90 Å². The second kappa shape index (κ2) is 5.31. The van der Waals surface area contributed by atoms with Crippen LogP contribution in [0.5, 0.6) is 0 Å². The Morgan fingerprint density at radius 3 is 2.78 bits per heavy atom. The van der Waals surface area contributed by atoms with Crippen LogP contribution in [0.1, 0.15) is 43.2 Å². The molecule has 0 bridgehead atoms. The predicted octanol–water partition coefficient (Wildman–Crippen LogP) is 2.92. The highest BCUT2D eigenvalue weighted by Gasteiger charge is 2.28. The average Bonchev–Trinajstić information content (AvgIpc) is 2.85. The normalized spacial score (nSPS) is 20.2. The average molecular weight is 245 g/mol. The number of fused-ring (bicyclic) bond motifs is 1. The maximum atomic E-state index is 9.15. The summed E-state index contributed by atoms with van der Waals surface area (Å²) < 4.78 is 0. The Morgan fingerprint density at radius 2 is 2.00 bits per heavy atom. The van der Waals surface area contributed by atoms with Gasteiger partial charge in [0.15, 0.2) is 0 Å². The summed E-state index contributed by atoms with van der Waals surface area (Å²) in [6, 6.07) is 7.38. The molecule has 0 radical (unpaired) electrons. The van der Waals surface area contributed by atoms with Gasteiger partial charge in [0.2, 0.25) is 0 Å². The van der Waals surface area contributed by atoms with E-state index in [0.717, 1.165) is 12.5 Å². The van der Waals surface area contributed by atoms with Gasteiger partial charge >= 0.3 is 0 Å². The minimum absolute atomic E-state index is 0.264. The van der Waals surface area contributed by atoms with E-state index < -0.39 is 0 Å². The van der Waals surface area contributed by atoms with Gasteiger partial charge in [-0.1, -0.05) is 31.4 Å². The molecule has 98 valence electrons. The van der Waals surface area contributed by atoms with Gasteiger partial charge in [0.25, 0.3) is 0 Å². The lowest BCUT2D eigenvalue weighted by molar-refractivity contribution is 0.299. The van der Waals surface area contributed by atoms with Crippen molar-refractivity contribution < 1.29 is 5.11 Å². The Balaban J connectivity index is 1.84. The molecule has 18 heavy (non-hydrogen) atoms. The van der Waals surface area contributed by atoms with Crippen LogP contribution >= 0.6 is 0 Å². The van der Waals surface area contributed by atoms with Crippen molar-refractivity contribution in [3.63, 3.8) is 0 Å². The fourth-order valence-corrected chi connectivity index (χ4v) is 3.66. The molecule has 0 saturated heterocycles. The van der Waals surface area contributed by atoms with Crippen LogP contribution in [-0.2, 0) is 12.8 Å². The van der Waals surface area contributed by atoms with E-state index in [0.29, 0.717) is 0 Å². The molecule has 2 nitrogen and oxygen atoms in total. The van der Waals surface area contributed by atoms with Gasteiger partial charge in [0.1, 0.15) is 0 Å². The zero-order chi connectivity index (χ0) is 12.4. The van der Waals surface area contributed by atoms with Gasteiger partial charge < -0.3 is 10.0 Å². The molecule has 1 aliphatic heterocycles. The van der Waals surface area contributed by atoms with Crippen molar-refractivity contribution in [1.82, 2.24) is 0 Å². The van der Waals surface area contributed by atoms with Crippen molar-refractivity contribution in [3.05, 3.63) is 29.3 Å². The number of aliphatic hydroxyl groups is 1. The van der Waals surface area contributed by atoms with Gasteiger partial charge in [0.05, 0.1) is 0 Å². The van der Waals surface area contributed by atoms with Gasteiger partial charge in [0, 0.05) is 24.9 Å². The van der Waals surface area contributed by atoms with Crippen LogP contribution in [0.3, 0.4) is 0 Å². The molecule has 1 saturated carbocycles. The molecule has 1 aliphatic carbocycles. The van der Waals surface area contributed by atoms with Crippen molar-refractivity contribution in [2.75, 3.05) is 18.1 Å². The first-order valence-electron chi connectivity index (χ1n) is 7.38. The quantitative estimate of drug-likeness (QED) is 0.885. The lowest BCUT2D eigenvalue weighted by Crippen LogP contribution is -2.35. The second-order valence-electron chi connectivity index (χ2n) is 5.62. The minimum Gasteiger partial charge on any atom is -0.396 e. The van der Waals surface area contributed by atoms with Gasteiger partial charge in [-0.2, -0.15) is 0 Å². The first-order valence-corrected chi connectivity index (χ1v) is 7.38. The fraction of sp³-hybridized carbons (Fsp3) is 0.625. The lowest BCUT2D eigenvalue weighted by Gasteiger charge is -2.33. The number of anilines is 1. The summed E-state index contributed by atoms with van der Waals surface area (Å²) in [4.78, 5) is 2.63. The minimum atomic E-state index is 0.264. The van der Waals surface area contributed by atoms with E-state index in [9.17, 15) is 0 Å². The molecule has 2 aliphatic rings. The summed E-state index contributed by atoms with van der Waals surface area (Å²) in [5.41, 5.74) is 4.30. The molecule has 1 N–H and O–H groups in total. The molecule has 1 heterocycles. The highest BCUT2D eigenvalue weighted by molar-refractivity contribution is 5.61. The van der Waals surface area contributed by atoms with Crippen LogP contribution in [0.2, 0.25) is 0 Å². The number of hydrogen-bond donors (Lipinski definition) is 1. The van der Waals surface area contributed by atoms with Crippen LogP contribution in [-0.4, -0.2) is 24.3 Å². The molecule has 0 atom stereocenters. The zero-order valence-corrected chi connectivity index (χ0v) is 11.1. The molecular formula is C16H23NO. The summed E-state index contributed by atoms with van der Waals surface area (Å²) in [5, 5.41) is 9.15. The Hall–Kier alpha value is -1.02. The predicted molar refractivity (Wildman–Crippen MR) is 75.2 cm³/mol. The van der Waals surface area contributed by atoms with E-state index in [2.05, 4.69) is 23.1 Å². The number of aliphatic hydroxyl groups excluding tert-OH is 1. The summed E-state index contributed by atoms with van der Waals surface area (Å²) in [6.07, 6.45) is 8.92. The van der Waals surface area contributed by atoms with Crippen molar-refractivity contribution in [1.29, 1.82) is 0 Å². The molecular weight excluding hydrogens is 222 g/mol. The van der Waals surface area contributed by atoms with E-state index in [1.807, 2.05) is 0 Å². The smallest absolute Gasteiger partial charge is 0.0471 e. The third-order valence-electron chi connectivity index (χ3n) is 4.56. The molecule has 1 fully saturated rings. The maximum absolute atomic E-state index is 9.15. The van der Waals surface area contributed by atoms with Crippen molar-refractivity contribution in [2.45, 2.75) is 51.0 Å². The first kappa shape index (κ1) is 12.0. The van der Waals surface area contributed by atoms with E-state index in [-0.39, 0.29) is 6.61 Å². The number of nitrogens with zero attached hydrogens (tertiary/aromatic N) is 1. The molecule has 1 aromatic rings. The van der Waals surface area contributed by atoms with E-state index >= 15 is 0 Å². The van der Waals surface area contributed by atoms with Crippen LogP contribution in [0.15, 0.2) is 18.2 Å². The van der Waals surface area contributed by atoms with Crippen LogP contribution in [0.4, 0.5) is 5.69 Å². The summed E-state index contributed by atoms with van der Waals surface area (Å²) in [5.74, 6) is 0. The topological polar surface area (TPSA) is 23.5 Å². The zero-order valence-electron chi connectivity index (χ0n) is 11.1. The highest BCUT2D eigenvalue weighted by Crippen LogP contribution is 2.36. The standard InChI is InChI=1S/C16H23NO/c18-12-10-13-5-4-8-16-15(13)9-11-17(16)14-6-2-1-3-7-14/h4-5,8,14,18H,1-3,6-7,9-12H2. The Bertz CT molecular complexity index is 410. The number of rotatable bonds is 3. The fourth-order valence-electron chi connectivity index (χ4n) is 3.66. The Morgan fingerprint density at radius 1 is 1.17 bits per heavy atom. The van der Waals surface area contributed by atoms with Gasteiger partial charge in [-0.05, 0) is 42.9 Å². The third kappa shape index (κ3) is 2.14. The van der Waals surface area contributed by atoms with Gasteiger partial charge in [-0.25, -0.2) is 0 Å². The summed E-state index contributed by atoms with van der Waals surface area (Å²) in [6.45, 7) is 1.45. The summed E-state index contributed by atoms with van der Waals surface area (Å²) in [7, 11) is 0. The van der Waals surface area contributed by atoms with E-state index in [4.69, 9.17) is 5.11 Å². The number of hydrogen-bond acceptors (Lipinski definition) is 2. The van der Waals surface area contributed by atoms with E-state index in [1.165, 1.54) is 61.9 Å². The first-order chi connectivity index (χ1) is 8.90. The molecule has 0 unspecified atom stereocenters. The Labute approximate surface area is 110 Å². The van der Waals surface area contributed by atoms with Gasteiger partial charge in [-0.15, -0.1) is 0 Å². The molecule has 3 rings (SSSR count). The summed E-state index contributed by atoms with van der Waals surface area (Å²) >= 11 is 0. The largest absolute Gasteiger partial charge is 0.396 e. The van der Waals surface area contributed by atoms with Crippen molar-refractivity contribution in [2.24, 2.45) is 0 Å². The Kier molecular flexibility index (Phi) is 3.55. The van der Waals surface area contributed by atoms with E-state index in [1.54, 1.807) is 0 Å². The maximum Gasteiger partial charge on any atom is 0.0471 e. The van der Waals surface area contributed by atoms with Crippen LogP contribution in [0, 0.1) is 0 Å². The highest BCUT2D eigenvalue weighted by atomic mass is 16.2. The van der Waals surface area contributed by atoms with Gasteiger partial charge in [-0.3, -0.25) is 0 Å². The second-order valence-corrected chi connectivity index (χ2v) is 5.62. The van der Waals surface area contributed by atoms with Crippen LogP contribution in [0.25, 0.3) is 0 Å². The third-order valence-corrected chi connectivity index (χ3v) is 4.56. The van der Waals surface area contributed by atoms with Crippen molar-refractivity contribution >= 4 is 5.69 Å². The monoisotopic (exact) mass is 245 g/mol. The SMILES string of the molecule is OCCc1cccc2c1CCN2C1CCCCC1. The molecule has 0 spiro atoms.